The second kappa shape index (κ2) is 7.58. The Bertz CT molecular complexity index is 736. The number of aromatic nitrogens is 1. The van der Waals surface area contributed by atoms with Gasteiger partial charge in [-0.15, -0.1) is 0 Å². The lowest BCUT2D eigenvalue weighted by atomic mass is 9.91. The second-order valence-corrected chi connectivity index (χ2v) is 8.15. The molecule has 27 heavy (non-hydrogen) atoms. The molecule has 5 nitrogen and oxygen atoms in total. The van der Waals surface area contributed by atoms with E-state index in [0.717, 1.165) is 32.4 Å². The Hall–Kier alpha value is -1.95. The van der Waals surface area contributed by atoms with E-state index in [9.17, 15) is 10.2 Å². The first-order valence-corrected chi connectivity index (χ1v) is 9.71. The lowest BCUT2D eigenvalue weighted by molar-refractivity contribution is -0.0141. The van der Waals surface area contributed by atoms with E-state index >= 15 is 0 Å². The number of nitrogens with zero attached hydrogens (tertiary/aromatic N) is 2. The summed E-state index contributed by atoms with van der Waals surface area (Å²) in [5.41, 5.74) is 1.89. The molecule has 0 bridgehead atoms. The Morgan fingerprint density at radius 3 is 2.44 bits per heavy atom. The van der Waals surface area contributed by atoms with Gasteiger partial charge >= 0.3 is 0 Å². The van der Waals surface area contributed by atoms with Crippen LogP contribution in [0.15, 0.2) is 48.7 Å². The SMILES string of the molecule is CO[C@]1(Cc2ccccc2)C[C@H]2CN(CC(O)c3ccc(O)cn3)C[C@H]2C1. The van der Waals surface area contributed by atoms with Gasteiger partial charge in [-0.05, 0) is 42.4 Å². The number of hydrogen-bond acceptors (Lipinski definition) is 5. The third-order valence-corrected chi connectivity index (χ3v) is 6.27. The molecule has 2 N–H and O–H groups in total. The fraction of sp³-hybridized carbons (Fsp3) is 0.500. The Balaban J connectivity index is 1.35. The van der Waals surface area contributed by atoms with Crippen molar-refractivity contribution >= 4 is 0 Å². The minimum absolute atomic E-state index is 0.0556. The summed E-state index contributed by atoms with van der Waals surface area (Å²) < 4.78 is 6.03. The first-order valence-electron chi connectivity index (χ1n) is 9.71. The van der Waals surface area contributed by atoms with E-state index < -0.39 is 6.10 Å². The molecule has 4 rings (SSSR count). The number of β-amino-alcohol motifs (C(OH)–C–C–N with tert-alkyl or cyclic N) is 1. The molecule has 1 aliphatic heterocycles. The third-order valence-electron chi connectivity index (χ3n) is 6.27. The van der Waals surface area contributed by atoms with Crippen LogP contribution in [0.2, 0.25) is 0 Å². The second-order valence-electron chi connectivity index (χ2n) is 8.15. The minimum atomic E-state index is -0.624. The summed E-state index contributed by atoms with van der Waals surface area (Å²) >= 11 is 0. The van der Waals surface area contributed by atoms with Gasteiger partial charge in [-0.1, -0.05) is 30.3 Å². The molecule has 1 aliphatic carbocycles. The van der Waals surface area contributed by atoms with Crippen LogP contribution in [0.25, 0.3) is 0 Å². The van der Waals surface area contributed by atoms with Crippen molar-refractivity contribution in [2.24, 2.45) is 11.8 Å². The van der Waals surface area contributed by atoms with Gasteiger partial charge in [0.25, 0.3) is 0 Å². The van der Waals surface area contributed by atoms with E-state index in [-0.39, 0.29) is 11.4 Å². The predicted molar refractivity (Wildman–Crippen MR) is 103 cm³/mol. The van der Waals surface area contributed by atoms with E-state index in [4.69, 9.17) is 4.74 Å². The molecule has 0 radical (unpaired) electrons. The number of ether oxygens (including phenoxy) is 1. The first kappa shape index (κ1) is 18.4. The third kappa shape index (κ3) is 4.00. The van der Waals surface area contributed by atoms with Crippen LogP contribution in [0.3, 0.4) is 0 Å². The topological polar surface area (TPSA) is 65.8 Å². The Kier molecular flexibility index (Phi) is 5.17. The fourth-order valence-electron chi connectivity index (χ4n) is 4.97. The van der Waals surface area contributed by atoms with Crippen LogP contribution in [0.1, 0.15) is 30.2 Å². The maximum absolute atomic E-state index is 10.5. The van der Waals surface area contributed by atoms with Gasteiger partial charge in [-0.3, -0.25) is 9.88 Å². The number of rotatable bonds is 6. The van der Waals surface area contributed by atoms with Crippen molar-refractivity contribution in [3.8, 4) is 5.75 Å². The lowest BCUT2D eigenvalue weighted by Crippen LogP contribution is -2.35. The highest BCUT2D eigenvalue weighted by Crippen LogP contribution is 2.47. The number of methoxy groups -OCH3 is 1. The molecule has 1 saturated heterocycles. The number of aromatic hydroxyl groups is 1. The number of fused-ring (bicyclic) bond motifs is 1. The minimum Gasteiger partial charge on any atom is -0.506 e. The van der Waals surface area contributed by atoms with Crippen molar-refractivity contribution in [1.29, 1.82) is 0 Å². The monoisotopic (exact) mass is 368 g/mol. The van der Waals surface area contributed by atoms with Crippen molar-refractivity contribution in [1.82, 2.24) is 9.88 Å². The van der Waals surface area contributed by atoms with Crippen LogP contribution in [-0.2, 0) is 11.2 Å². The Morgan fingerprint density at radius 1 is 1.15 bits per heavy atom. The van der Waals surface area contributed by atoms with Crippen molar-refractivity contribution in [2.75, 3.05) is 26.7 Å². The molecule has 1 unspecified atom stereocenters. The highest BCUT2D eigenvalue weighted by Gasteiger charge is 2.49. The van der Waals surface area contributed by atoms with Crippen LogP contribution in [-0.4, -0.2) is 52.4 Å². The first-order chi connectivity index (χ1) is 13.1. The van der Waals surface area contributed by atoms with E-state index in [1.165, 1.54) is 11.8 Å². The summed E-state index contributed by atoms with van der Waals surface area (Å²) in [6, 6.07) is 13.9. The van der Waals surface area contributed by atoms with Gasteiger partial charge in [-0.25, -0.2) is 0 Å². The zero-order valence-electron chi connectivity index (χ0n) is 15.8. The van der Waals surface area contributed by atoms with E-state index in [2.05, 4.69) is 40.2 Å². The van der Waals surface area contributed by atoms with Crippen molar-refractivity contribution < 1.29 is 14.9 Å². The molecule has 0 spiro atoms. The maximum atomic E-state index is 10.5. The quantitative estimate of drug-likeness (QED) is 0.821. The molecule has 2 aromatic rings. The number of aliphatic hydroxyl groups excluding tert-OH is 1. The van der Waals surface area contributed by atoms with Crippen molar-refractivity contribution in [2.45, 2.75) is 31.0 Å². The van der Waals surface area contributed by atoms with Gasteiger partial charge in [-0.2, -0.15) is 0 Å². The number of benzene rings is 1. The van der Waals surface area contributed by atoms with E-state index in [1.54, 1.807) is 12.1 Å². The number of hydrogen-bond donors (Lipinski definition) is 2. The van der Waals surface area contributed by atoms with Gasteiger partial charge < -0.3 is 14.9 Å². The normalized spacial score (nSPS) is 29.0. The summed E-state index contributed by atoms with van der Waals surface area (Å²) in [6.45, 7) is 2.59. The zero-order chi connectivity index (χ0) is 18.9. The molecule has 1 saturated carbocycles. The highest BCUT2D eigenvalue weighted by molar-refractivity contribution is 5.20. The summed E-state index contributed by atoms with van der Waals surface area (Å²) in [4.78, 5) is 6.47. The number of likely N-dealkylation sites (tertiary alicyclic amines) is 1. The molecule has 144 valence electrons. The van der Waals surface area contributed by atoms with Crippen LogP contribution in [0.4, 0.5) is 0 Å². The Labute approximate surface area is 160 Å². The molecule has 1 aromatic carbocycles. The highest BCUT2D eigenvalue weighted by atomic mass is 16.5. The van der Waals surface area contributed by atoms with Gasteiger partial charge in [0.1, 0.15) is 11.9 Å². The summed E-state index contributed by atoms with van der Waals surface area (Å²) in [5.74, 6) is 1.36. The molecule has 2 fully saturated rings. The van der Waals surface area contributed by atoms with Gasteiger partial charge in [0.05, 0.1) is 17.5 Å². The van der Waals surface area contributed by atoms with Crippen molar-refractivity contribution in [3.05, 3.63) is 59.9 Å². The average Bonchev–Trinajstić information content (AvgIpc) is 3.18. The lowest BCUT2D eigenvalue weighted by Gasteiger charge is -2.30. The zero-order valence-corrected chi connectivity index (χ0v) is 15.8. The molecular weight excluding hydrogens is 340 g/mol. The number of pyridine rings is 1. The number of aliphatic hydroxyl groups is 1. The van der Waals surface area contributed by atoms with Gasteiger partial charge in [0.15, 0.2) is 0 Å². The predicted octanol–water partition coefficient (Wildman–Crippen LogP) is 2.79. The smallest absolute Gasteiger partial charge is 0.133 e. The molecule has 2 heterocycles. The Morgan fingerprint density at radius 2 is 1.85 bits per heavy atom. The largest absolute Gasteiger partial charge is 0.506 e. The average molecular weight is 368 g/mol. The van der Waals surface area contributed by atoms with Gasteiger partial charge in [0, 0.05) is 33.2 Å². The summed E-state index contributed by atoms with van der Waals surface area (Å²) in [7, 11) is 1.85. The van der Waals surface area contributed by atoms with E-state index in [1.807, 2.05) is 7.11 Å². The van der Waals surface area contributed by atoms with Crippen LogP contribution >= 0.6 is 0 Å². The van der Waals surface area contributed by atoms with Crippen LogP contribution in [0.5, 0.6) is 5.75 Å². The molecular formula is C22H28N2O3. The fourth-order valence-corrected chi connectivity index (χ4v) is 4.97. The summed E-state index contributed by atoms with van der Waals surface area (Å²) in [5, 5.41) is 19.8. The van der Waals surface area contributed by atoms with Crippen LogP contribution in [0, 0.1) is 11.8 Å². The standard InChI is InChI=1S/C22H28N2O3/c1-27-22(9-16-5-3-2-4-6-16)10-17-13-24(14-18(17)11-22)15-21(26)20-8-7-19(25)12-23-20/h2-8,12,17-18,21,25-26H,9-11,13-15H2,1H3/t17-,18+,21?,22+. The van der Waals surface area contributed by atoms with Crippen LogP contribution < -0.4 is 0 Å². The molecule has 4 atom stereocenters. The van der Waals surface area contributed by atoms with E-state index in [0.29, 0.717) is 24.1 Å². The molecule has 5 heteroatoms. The maximum Gasteiger partial charge on any atom is 0.133 e. The molecule has 1 aromatic heterocycles. The molecule has 2 aliphatic rings. The summed E-state index contributed by atoms with van der Waals surface area (Å²) in [6.07, 6.45) is 3.88. The van der Waals surface area contributed by atoms with Gasteiger partial charge in [0.2, 0.25) is 0 Å². The van der Waals surface area contributed by atoms with Crippen molar-refractivity contribution in [3.63, 3.8) is 0 Å². The molecule has 0 amide bonds.